The van der Waals surface area contributed by atoms with Crippen molar-refractivity contribution >= 4 is 39.3 Å². The third-order valence-corrected chi connectivity index (χ3v) is 3.85. The highest BCUT2D eigenvalue weighted by molar-refractivity contribution is 14.1. The number of anilines is 1. The molecular formula is C17H16IN3. The van der Waals surface area contributed by atoms with Crippen LogP contribution in [0.1, 0.15) is 13.8 Å². The Labute approximate surface area is 138 Å². The lowest BCUT2D eigenvalue weighted by Gasteiger charge is -2.13. The minimum absolute atomic E-state index is 0.327. The lowest BCUT2D eigenvalue weighted by atomic mass is 10.2. The van der Waals surface area contributed by atoms with Gasteiger partial charge in [-0.3, -0.25) is 0 Å². The van der Waals surface area contributed by atoms with E-state index in [9.17, 15) is 0 Å². The maximum atomic E-state index is 4.72. The van der Waals surface area contributed by atoms with E-state index in [1.807, 2.05) is 18.2 Å². The number of aromatic nitrogens is 2. The molecule has 1 aromatic heterocycles. The number of fused-ring (bicyclic) bond motifs is 1. The second-order valence-electron chi connectivity index (χ2n) is 5.22. The fourth-order valence-electron chi connectivity index (χ4n) is 2.19. The minimum Gasteiger partial charge on any atom is -0.367 e. The SMILES string of the molecule is CC(C)Nc1nc(-c2ccc(I)cc2)nc2ccccc12. The fraction of sp³-hybridized carbons (Fsp3) is 0.176. The van der Waals surface area contributed by atoms with Crippen molar-refractivity contribution in [3.8, 4) is 11.4 Å². The van der Waals surface area contributed by atoms with Gasteiger partial charge in [0.25, 0.3) is 0 Å². The van der Waals surface area contributed by atoms with E-state index in [0.717, 1.165) is 28.1 Å². The van der Waals surface area contributed by atoms with Gasteiger partial charge >= 0.3 is 0 Å². The molecule has 21 heavy (non-hydrogen) atoms. The van der Waals surface area contributed by atoms with Crippen LogP contribution in [0.4, 0.5) is 5.82 Å². The number of hydrogen-bond acceptors (Lipinski definition) is 3. The molecule has 0 aliphatic rings. The van der Waals surface area contributed by atoms with Crippen LogP contribution >= 0.6 is 22.6 Å². The highest BCUT2D eigenvalue weighted by atomic mass is 127. The molecular weight excluding hydrogens is 373 g/mol. The Morgan fingerprint density at radius 3 is 2.38 bits per heavy atom. The standard InChI is InChI=1S/C17H16IN3/c1-11(2)19-17-14-5-3-4-6-15(14)20-16(21-17)12-7-9-13(18)10-8-12/h3-11H,1-2H3,(H,19,20,21). The maximum Gasteiger partial charge on any atom is 0.162 e. The predicted octanol–water partition coefficient (Wildman–Crippen LogP) is 4.72. The van der Waals surface area contributed by atoms with Gasteiger partial charge in [0.1, 0.15) is 5.82 Å². The number of para-hydroxylation sites is 1. The first-order valence-electron chi connectivity index (χ1n) is 6.93. The summed E-state index contributed by atoms with van der Waals surface area (Å²) in [6, 6.07) is 16.7. The average Bonchev–Trinajstić information content (AvgIpc) is 2.47. The normalized spacial score (nSPS) is 11.0. The summed E-state index contributed by atoms with van der Waals surface area (Å²) >= 11 is 2.30. The van der Waals surface area contributed by atoms with Crippen molar-refractivity contribution in [2.24, 2.45) is 0 Å². The van der Waals surface area contributed by atoms with E-state index in [0.29, 0.717) is 6.04 Å². The molecule has 0 aliphatic carbocycles. The van der Waals surface area contributed by atoms with Crippen LogP contribution in [0.2, 0.25) is 0 Å². The van der Waals surface area contributed by atoms with Crippen molar-refractivity contribution in [2.75, 3.05) is 5.32 Å². The van der Waals surface area contributed by atoms with Crippen molar-refractivity contribution in [2.45, 2.75) is 19.9 Å². The van der Waals surface area contributed by atoms with Gasteiger partial charge in [-0.05, 0) is 60.7 Å². The van der Waals surface area contributed by atoms with E-state index in [-0.39, 0.29) is 0 Å². The zero-order valence-electron chi connectivity index (χ0n) is 12.0. The molecule has 4 heteroatoms. The Hall–Kier alpha value is -1.69. The summed E-state index contributed by atoms with van der Waals surface area (Å²) < 4.78 is 1.21. The molecule has 3 aromatic rings. The van der Waals surface area contributed by atoms with E-state index < -0.39 is 0 Å². The fourth-order valence-corrected chi connectivity index (χ4v) is 2.55. The summed E-state index contributed by atoms with van der Waals surface area (Å²) in [6.07, 6.45) is 0. The maximum absolute atomic E-state index is 4.72. The van der Waals surface area contributed by atoms with Crippen LogP contribution < -0.4 is 5.32 Å². The molecule has 0 aliphatic heterocycles. The van der Waals surface area contributed by atoms with E-state index in [1.165, 1.54) is 3.57 Å². The van der Waals surface area contributed by atoms with Crippen LogP contribution in [0.3, 0.4) is 0 Å². The lowest BCUT2D eigenvalue weighted by Crippen LogP contribution is -2.12. The topological polar surface area (TPSA) is 37.8 Å². The van der Waals surface area contributed by atoms with Gasteiger partial charge in [-0.15, -0.1) is 0 Å². The number of nitrogens with one attached hydrogen (secondary N) is 1. The molecule has 0 spiro atoms. The first-order valence-corrected chi connectivity index (χ1v) is 8.00. The molecule has 0 atom stereocenters. The number of nitrogens with zero attached hydrogens (tertiary/aromatic N) is 2. The highest BCUT2D eigenvalue weighted by Crippen LogP contribution is 2.25. The molecule has 0 bridgehead atoms. The third-order valence-electron chi connectivity index (χ3n) is 3.13. The van der Waals surface area contributed by atoms with Crippen molar-refractivity contribution in [1.82, 2.24) is 9.97 Å². The Balaban J connectivity index is 2.17. The Kier molecular flexibility index (Phi) is 4.05. The van der Waals surface area contributed by atoms with E-state index in [4.69, 9.17) is 4.98 Å². The highest BCUT2D eigenvalue weighted by Gasteiger charge is 2.09. The van der Waals surface area contributed by atoms with E-state index in [1.54, 1.807) is 0 Å². The third kappa shape index (κ3) is 3.15. The molecule has 0 saturated carbocycles. The molecule has 0 unspecified atom stereocenters. The molecule has 1 heterocycles. The minimum atomic E-state index is 0.327. The molecule has 0 radical (unpaired) electrons. The number of halogens is 1. The van der Waals surface area contributed by atoms with Gasteiger partial charge < -0.3 is 5.32 Å². The van der Waals surface area contributed by atoms with Crippen LogP contribution in [0.5, 0.6) is 0 Å². The van der Waals surface area contributed by atoms with Crippen molar-refractivity contribution in [1.29, 1.82) is 0 Å². The summed E-state index contributed by atoms with van der Waals surface area (Å²) in [4.78, 5) is 9.41. The quantitative estimate of drug-likeness (QED) is 0.659. The second kappa shape index (κ2) is 5.97. The summed E-state index contributed by atoms with van der Waals surface area (Å²) in [5.41, 5.74) is 2.00. The van der Waals surface area contributed by atoms with Crippen molar-refractivity contribution < 1.29 is 0 Å². The van der Waals surface area contributed by atoms with Gasteiger partial charge in [-0.2, -0.15) is 0 Å². The van der Waals surface area contributed by atoms with Gasteiger partial charge in [-0.1, -0.05) is 24.3 Å². The summed E-state index contributed by atoms with van der Waals surface area (Å²) in [5.74, 6) is 1.65. The Morgan fingerprint density at radius 2 is 1.67 bits per heavy atom. The largest absolute Gasteiger partial charge is 0.367 e. The first kappa shape index (κ1) is 14.3. The van der Waals surface area contributed by atoms with E-state index in [2.05, 4.69) is 77.1 Å². The summed E-state index contributed by atoms with van der Waals surface area (Å²) in [7, 11) is 0. The van der Waals surface area contributed by atoms with Gasteiger partial charge in [0.05, 0.1) is 5.52 Å². The zero-order chi connectivity index (χ0) is 14.8. The number of benzene rings is 2. The van der Waals surface area contributed by atoms with Crippen molar-refractivity contribution in [3.05, 3.63) is 52.1 Å². The lowest BCUT2D eigenvalue weighted by molar-refractivity contribution is 0.891. The van der Waals surface area contributed by atoms with Crippen molar-refractivity contribution in [3.63, 3.8) is 0 Å². The summed E-state index contributed by atoms with van der Waals surface area (Å²) in [5, 5.41) is 4.47. The van der Waals surface area contributed by atoms with Gasteiger partial charge in [0.2, 0.25) is 0 Å². The second-order valence-corrected chi connectivity index (χ2v) is 6.46. The predicted molar refractivity (Wildman–Crippen MR) is 96.4 cm³/mol. The molecule has 3 nitrogen and oxygen atoms in total. The average molecular weight is 389 g/mol. The Morgan fingerprint density at radius 1 is 0.952 bits per heavy atom. The van der Waals surface area contributed by atoms with Crippen LogP contribution in [0, 0.1) is 3.57 Å². The Bertz CT molecular complexity index is 767. The smallest absolute Gasteiger partial charge is 0.162 e. The van der Waals surface area contributed by atoms with Crippen LogP contribution in [0.25, 0.3) is 22.3 Å². The van der Waals surface area contributed by atoms with Gasteiger partial charge in [-0.25, -0.2) is 9.97 Å². The molecule has 0 amide bonds. The monoisotopic (exact) mass is 389 g/mol. The number of rotatable bonds is 3. The molecule has 3 rings (SSSR count). The van der Waals surface area contributed by atoms with Gasteiger partial charge in [0.15, 0.2) is 5.82 Å². The molecule has 1 N–H and O–H groups in total. The van der Waals surface area contributed by atoms with Crippen LogP contribution in [-0.2, 0) is 0 Å². The first-order chi connectivity index (χ1) is 10.1. The number of hydrogen-bond donors (Lipinski definition) is 1. The summed E-state index contributed by atoms with van der Waals surface area (Å²) in [6.45, 7) is 4.23. The van der Waals surface area contributed by atoms with Crippen LogP contribution in [-0.4, -0.2) is 16.0 Å². The van der Waals surface area contributed by atoms with Crippen LogP contribution in [0.15, 0.2) is 48.5 Å². The van der Waals surface area contributed by atoms with Gasteiger partial charge in [0, 0.05) is 20.6 Å². The molecule has 0 saturated heterocycles. The van der Waals surface area contributed by atoms with E-state index >= 15 is 0 Å². The molecule has 106 valence electrons. The molecule has 0 fully saturated rings. The molecule has 2 aromatic carbocycles. The zero-order valence-corrected chi connectivity index (χ0v) is 14.1.